The summed E-state index contributed by atoms with van der Waals surface area (Å²) in [4.78, 5) is 30.8. The number of rotatable bonds is 8. The van der Waals surface area contributed by atoms with Crippen molar-refractivity contribution in [3.63, 3.8) is 0 Å². The van der Waals surface area contributed by atoms with Crippen molar-refractivity contribution in [3.05, 3.63) is 69.5 Å². The van der Waals surface area contributed by atoms with Crippen molar-refractivity contribution in [3.8, 4) is 0 Å². The average molecular weight is 466 g/mol. The van der Waals surface area contributed by atoms with Crippen LogP contribution in [-0.2, 0) is 17.0 Å². The Bertz CT molecular complexity index is 1180. The van der Waals surface area contributed by atoms with E-state index in [0.29, 0.717) is 46.4 Å². The summed E-state index contributed by atoms with van der Waals surface area (Å²) in [6, 6.07) is 13.5. The Balaban J connectivity index is 1.67. The van der Waals surface area contributed by atoms with Gasteiger partial charge in [-0.3, -0.25) is 14.2 Å². The molecule has 2 heterocycles. The Morgan fingerprint density at radius 3 is 2.73 bits per heavy atom. The Hall–Kier alpha value is -2.64. The maximum atomic E-state index is 13.4. The summed E-state index contributed by atoms with van der Waals surface area (Å²) in [5.74, 6) is 0.922. The van der Waals surface area contributed by atoms with Crippen LogP contribution in [0.5, 0.6) is 0 Å². The van der Waals surface area contributed by atoms with Gasteiger partial charge in [0.15, 0.2) is 5.16 Å². The van der Waals surface area contributed by atoms with Crippen molar-refractivity contribution in [2.24, 2.45) is 5.92 Å². The molecule has 1 atom stereocenters. The molecule has 0 radical (unpaired) electrons. The molecule has 2 aromatic carbocycles. The summed E-state index contributed by atoms with van der Waals surface area (Å²) in [7, 11) is 0. The number of hydrogen-bond donors (Lipinski definition) is 1. The highest BCUT2D eigenvalue weighted by Gasteiger charge is 2.21. The second-order valence-corrected chi connectivity index (χ2v) is 10.00. The van der Waals surface area contributed by atoms with Crippen molar-refractivity contribution >= 4 is 28.6 Å². The number of hydrogen-bond acceptors (Lipinski definition) is 5. The first kappa shape index (κ1) is 23.5. The Morgan fingerprint density at radius 1 is 1.24 bits per heavy atom. The van der Waals surface area contributed by atoms with Gasteiger partial charge < -0.3 is 10.1 Å². The minimum atomic E-state index is -0.148. The van der Waals surface area contributed by atoms with Crippen molar-refractivity contribution in [2.45, 2.75) is 57.2 Å². The van der Waals surface area contributed by atoms with E-state index < -0.39 is 0 Å². The van der Waals surface area contributed by atoms with E-state index >= 15 is 0 Å². The minimum Gasteiger partial charge on any atom is -0.376 e. The number of aromatic nitrogens is 2. The third-order valence-corrected chi connectivity index (χ3v) is 6.80. The monoisotopic (exact) mass is 465 g/mol. The van der Waals surface area contributed by atoms with E-state index in [1.54, 1.807) is 34.5 Å². The van der Waals surface area contributed by atoms with Crippen LogP contribution in [0.3, 0.4) is 0 Å². The normalized spacial score (nSPS) is 15.9. The molecule has 6 nitrogen and oxygen atoms in total. The number of ether oxygens (including phenoxy) is 1. The van der Waals surface area contributed by atoms with E-state index in [0.717, 1.165) is 19.4 Å². The first-order valence-electron chi connectivity index (χ1n) is 11.5. The van der Waals surface area contributed by atoms with Crippen molar-refractivity contribution in [1.29, 1.82) is 0 Å². The molecule has 0 saturated carbocycles. The molecule has 174 valence electrons. The van der Waals surface area contributed by atoms with E-state index in [-0.39, 0.29) is 17.6 Å². The Morgan fingerprint density at radius 2 is 2.03 bits per heavy atom. The number of aryl methyl sites for hydroxylation is 1. The molecule has 1 N–H and O–H groups in total. The number of nitrogens with zero attached hydrogens (tertiary/aromatic N) is 2. The van der Waals surface area contributed by atoms with Crippen LogP contribution < -0.4 is 10.9 Å². The predicted molar refractivity (Wildman–Crippen MR) is 133 cm³/mol. The molecule has 1 fully saturated rings. The van der Waals surface area contributed by atoms with Gasteiger partial charge in [-0.05, 0) is 49.4 Å². The van der Waals surface area contributed by atoms with Gasteiger partial charge in [-0.25, -0.2) is 4.98 Å². The number of carbonyl (C=O) groups excluding carboxylic acids is 1. The number of thioether (sulfide) groups is 1. The summed E-state index contributed by atoms with van der Waals surface area (Å²) >= 11 is 1.54. The molecule has 0 bridgehead atoms. The van der Waals surface area contributed by atoms with Gasteiger partial charge in [0.05, 0.1) is 23.6 Å². The molecule has 0 spiro atoms. The van der Waals surface area contributed by atoms with Crippen LogP contribution in [-0.4, -0.2) is 34.7 Å². The Kier molecular flexibility index (Phi) is 7.50. The largest absolute Gasteiger partial charge is 0.376 e. The molecule has 1 saturated heterocycles. The molecule has 0 aliphatic carbocycles. The van der Waals surface area contributed by atoms with Gasteiger partial charge in [0.2, 0.25) is 0 Å². The molecule has 0 unspecified atom stereocenters. The van der Waals surface area contributed by atoms with E-state index in [2.05, 4.69) is 50.4 Å². The number of benzene rings is 2. The van der Waals surface area contributed by atoms with Gasteiger partial charge in [-0.1, -0.05) is 55.4 Å². The highest BCUT2D eigenvalue weighted by molar-refractivity contribution is 7.98. The van der Waals surface area contributed by atoms with Crippen LogP contribution in [0.1, 0.15) is 48.2 Å². The zero-order valence-electron chi connectivity index (χ0n) is 19.5. The van der Waals surface area contributed by atoms with Gasteiger partial charge in [-0.2, -0.15) is 0 Å². The fraction of sp³-hybridized carbons (Fsp3) is 0.423. The Labute approximate surface area is 198 Å². The maximum absolute atomic E-state index is 13.4. The fourth-order valence-electron chi connectivity index (χ4n) is 3.84. The van der Waals surface area contributed by atoms with Gasteiger partial charge >= 0.3 is 0 Å². The van der Waals surface area contributed by atoms with Crippen molar-refractivity contribution in [1.82, 2.24) is 14.9 Å². The molecular weight excluding hydrogens is 434 g/mol. The summed E-state index contributed by atoms with van der Waals surface area (Å²) < 4.78 is 7.55. The van der Waals surface area contributed by atoms with Gasteiger partial charge in [-0.15, -0.1) is 0 Å². The number of carbonyl (C=O) groups is 1. The minimum absolute atomic E-state index is 0.0294. The van der Waals surface area contributed by atoms with Crippen LogP contribution in [0.4, 0.5) is 0 Å². The summed E-state index contributed by atoms with van der Waals surface area (Å²) in [5, 5.41) is 4.11. The molecule has 3 aromatic rings. The first-order valence-corrected chi connectivity index (χ1v) is 12.5. The summed E-state index contributed by atoms with van der Waals surface area (Å²) in [5.41, 5.74) is 3.36. The molecule has 7 heteroatoms. The predicted octanol–water partition coefficient (Wildman–Crippen LogP) is 4.56. The average Bonchev–Trinajstić information content (AvgIpc) is 3.32. The van der Waals surface area contributed by atoms with E-state index in [9.17, 15) is 9.59 Å². The second-order valence-electron chi connectivity index (χ2n) is 9.06. The quantitative estimate of drug-likeness (QED) is 0.390. The van der Waals surface area contributed by atoms with Gasteiger partial charge in [0.1, 0.15) is 0 Å². The lowest BCUT2D eigenvalue weighted by atomic mass is 10.1. The molecule has 33 heavy (non-hydrogen) atoms. The summed E-state index contributed by atoms with van der Waals surface area (Å²) in [6.07, 6.45) is 1.99. The van der Waals surface area contributed by atoms with Gasteiger partial charge in [0, 0.05) is 24.5 Å². The van der Waals surface area contributed by atoms with E-state index in [4.69, 9.17) is 9.72 Å². The molecule has 1 aliphatic heterocycles. The lowest BCUT2D eigenvalue weighted by molar-refractivity contribution is 0.0937. The zero-order valence-corrected chi connectivity index (χ0v) is 20.3. The topological polar surface area (TPSA) is 73.2 Å². The van der Waals surface area contributed by atoms with Crippen LogP contribution >= 0.6 is 11.8 Å². The fourth-order valence-corrected chi connectivity index (χ4v) is 4.80. The van der Waals surface area contributed by atoms with Gasteiger partial charge in [0.25, 0.3) is 11.5 Å². The molecule has 1 aliphatic rings. The smallest absolute Gasteiger partial charge is 0.262 e. The third kappa shape index (κ3) is 5.84. The lowest BCUT2D eigenvalue weighted by Gasteiger charge is -2.17. The lowest BCUT2D eigenvalue weighted by Crippen LogP contribution is -2.29. The van der Waals surface area contributed by atoms with Crippen molar-refractivity contribution < 1.29 is 9.53 Å². The SMILES string of the molecule is Cc1ccc(CSc2nc3cc(C(=O)NCC(C)C)ccc3c(=O)n2C[C@H]2CCCO2)cc1. The van der Waals surface area contributed by atoms with Crippen LogP contribution in [0.25, 0.3) is 10.9 Å². The molecular formula is C26H31N3O3S. The highest BCUT2D eigenvalue weighted by atomic mass is 32.2. The van der Waals surface area contributed by atoms with Crippen LogP contribution in [0, 0.1) is 12.8 Å². The third-order valence-electron chi connectivity index (χ3n) is 5.75. The summed E-state index contributed by atoms with van der Waals surface area (Å²) in [6.45, 7) is 8.00. The number of amides is 1. The number of fused-ring (bicyclic) bond motifs is 1. The number of nitrogens with one attached hydrogen (secondary N) is 1. The highest BCUT2D eigenvalue weighted by Crippen LogP contribution is 2.24. The standard InChI is InChI=1S/C26H31N3O3S/c1-17(2)14-27-24(30)20-10-11-22-23(13-20)28-26(33-16-19-8-6-18(3)7-9-19)29(25(22)31)15-21-5-4-12-32-21/h6-11,13,17,21H,4-5,12,14-16H2,1-3H3,(H,27,30)/t21-/m1/s1. The second kappa shape index (κ2) is 10.5. The zero-order chi connectivity index (χ0) is 23.4. The van der Waals surface area contributed by atoms with Crippen molar-refractivity contribution in [2.75, 3.05) is 13.2 Å². The van der Waals surface area contributed by atoms with E-state index in [1.165, 1.54) is 11.1 Å². The molecule has 1 aromatic heterocycles. The molecule has 1 amide bonds. The first-order chi connectivity index (χ1) is 15.9. The maximum Gasteiger partial charge on any atom is 0.262 e. The van der Waals surface area contributed by atoms with E-state index in [1.807, 2.05) is 0 Å². The van der Waals surface area contributed by atoms with Crippen LogP contribution in [0.15, 0.2) is 52.4 Å². The van der Waals surface area contributed by atoms with Crippen LogP contribution in [0.2, 0.25) is 0 Å². The molecule has 4 rings (SSSR count).